The normalized spacial score (nSPS) is 18.4. The second kappa shape index (κ2) is 7.44. The van der Waals surface area contributed by atoms with Crippen molar-refractivity contribution in [3.05, 3.63) is 71.0 Å². The van der Waals surface area contributed by atoms with Gasteiger partial charge in [0.15, 0.2) is 0 Å². The first-order valence-electron chi connectivity index (χ1n) is 8.13. The number of nitriles is 1. The van der Waals surface area contributed by atoms with E-state index in [1.807, 2.05) is 6.07 Å². The molecule has 0 unspecified atom stereocenters. The SMILES string of the molecule is CC1=C[C@@](CF)(c2cc(NC(=O)c3ccc(C#N)cn3)ccc2F)N=C(N)O1. The van der Waals surface area contributed by atoms with Crippen molar-refractivity contribution in [3.63, 3.8) is 0 Å². The molecule has 1 aromatic carbocycles. The molecule has 0 saturated heterocycles. The van der Waals surface area contributed by atoms with Gasteiger partial charge in [0.05, 0.1) is 5.56 Å². The number of anilines is 1. The molecule has 0 aliphatic carbocycles. The monoisotopic (exact) mass is 383 g/mol. The van der Waals surface area contributed by atoms with Gasteiger partial charge in [-0.1, -0.05) is 0 Å². The van der Waals surface area contributed by atoms with Gasteiger partial charge >= 0.3 is 0 Å². The van der Waals surface area contributed by atoms with Crippen LogP contribution in [-0.4, -0.2) is 23.6 Å². The van der Waals surface area contributed by atoms with Gasteiger partial charge in [0.25, 0.3) is 11.9 Å². The highest BCUT2D eigenvalue weighted by atomic mass is 19.1. The number of hydrogen-bond acceptors (Lipinski definition) is 6. The number of carbonyl (C=O) groups is 1. The number of carbonyl (C=O) groups excluding carboxylic acids is 1. The lowest BCUT2D eigenvalue weighted by Gasteiger charge is -2.29. The molecule has 0 fully saturated rings. The maximum absolute atomic E-state index is 14.5. The number of amides is 1. The molecule has 1 aromatic heterocycles. The number of benzene rings is 1. The van der Waals surface area contributed by atoms with Crippen molar-refractivity contribution >= 4 is 17.6 Å². The van der Waals surface area contributed by atoms with E-state index < -0.39 is 23.9 Å². The summed E-state index contributed by atoms with van der Waals surface area (Å²) in [5, 5.41) is 11.3. The summed E-state index contributed by atoms with van der Waals surface area (Å²) in [5.41, 5.74) is 4.37. The Hall–Kier alpha value is -3.80. The summed E-state index contributed by atoms with van der Waals surface area (Å²) in [4.78, 5) is 20.2. The summed E-state index contributed by atoms with van der Waals surface area (Å²) >= 11 is 0. The Kier molecular flexibility index (Phi) is 5.04. The predicted molar refractivity (Wildman–Crippen MR) is 97.4 cm³/mol. The number of amidine groups is 1. The lowest BCUT2D eigenvalue weighted by Crippen LogP contribution is -2.34. The number of halogens is 2. The van der Waals surface area contributed by atoms with Crippen molar-refractivity contribution < 1.29 is 18.3 Å². The third kappa shape index (κ3) is 3.66. The summed E-state index contributed by atoms with van der Waals surface area (Å²) in [7, 11) is 0. The van der Waals surface area contributed by atoms with E-state index in [1.165, 1.54) is 36.5 Å². The van der Waals surface area contributed by atoms with Crippen LogP contribution >= 0.6 is 0 Å². The van der Waals surface area contributed by atoms with E-state index >= 15 is 0 Å². The Morgan fingerprint density at radius 3 is 2.79 bits per heavy atom. The third-order valence-electron chi connectivity index (χ3n) is 4.04. The van der Waals surface area contributed by atoms with E-state index in [1.54, 1.807) is 6.92 Å². The van der Waals surface area contributed by atoms with Crippen LogP contribution in [0.1, 0.15) is 28.5 Å². The highest BCUT2D eigenvalue weighted by molar-refractivity contribution is 6.02. The van der Waals surface area contributed by atoms with Crippen LogP contribution in [0.5, 0.6) is 0 Å². The molecule has 9 heteroatoms. The van der Waals surface area contributed by atoms with Crippen LogP contribution in [0.3, 0.4) is 0 Å². The Morgan fingerprint density at radius 1 is 1.39 bits per heavy atom. The number of hydrogen-bond donors (Lipinski definition) is 2. The van der Waals surface area contributed by atoms with E-state index in [9.17, 15) is 13.6 Å². The second-order valence-electron chi connectivity index (χ2n) is 6.06. The Balaban J connectivity index is 1.94. The first-order chi connectivity index (χ1) is 13.4. The van der Waals surface area contributed by atoms with Gasteiger partial charge in [-0.3, -0.25) is 4.79 Å². The minimum atomic E-state index is -1.69. The van der Waals surface area contributed by atoms with Gasteiger partial charge in [-0.15, -0.1) is 0 Å². The van der Waals surface area contributed by atoms with Gasteiger partial charge in [0.2, 0.25) is 0 Å². The van der Waals surface area contributed by atoms with Crippen LogP contribution in [-0.2, 0) is 10.3 Å². The summed E-state index contributed by atoms with van der Waals surface area (Å²) in [6.45, 7) is 0.492. The van der Waals surface area contributed by atoms with Crippen molar-refractivity contribution in [2.24, 2.45) is 10.7 Å². The molecule has 0 radical (unpaired) electrons. The molecule has 1 atom stereocenters. The third-order valence-corrected chi connectivity index (χ3v) is 4.04. The molecule has 28 heavy (non-hydrogen) atoms. The molecule has 142 valence electrons. The van der Waals surface area contributed by atoms with Gasteiger partial charge < -0.3 is 15.8 Å². The molecule has 0 bridgehead atoms. The molecule has 3 N–H and O–H groups in total. The van der Waals surface area contributed by atoms with Crippen molar-refractivity contribution in [2.45, 2.75) is 12.5 Å². The summed E-state index contributed by atoms with van der Waals surface area (Å²) in [6, 6.07) is 8.16. The van der Waals surface area contributed by atoms with Crippen molar-refractivity contribution in [1.29, 1.82) is 5.26 Å². The van der Waals surface area contributed by atoms with Crippen LogP contribution in [0, 0.1) is 17.1 Å². The van der Waals surface area contributed by atoms with Gasteiger partial charge in [-0.2, -0.15) is 5.26 Å². The van der Waals surface area contributed by atoms with E-state index in [-0.39, 0.29) is 28.7 Å². The Labute approximate surface area is 159 Å². The first kappa shape index (κ1) is 19.0. The molecular weight excluding hydrogens is 368 g/mol. The van der Waals surface area contributed by atoms with E-state index in [0.29, 0.717) is 5.56 Å². The standard InChI is InChI=1S/C19H15F2N5O2/c1-11-7-19(10-20,26-18(23)28-11)14-6-13(3-4-15(14)21)25-17(27)16-5-2-12(8-22)9-24-16/h2-7,9H,10H2,1H3,(H2,23,26)(H,25,27)/t19-/m1/s1. The molecule has 0 spiro atoms. The van der Waals surface area contributed by atoms with Crippen molar-refractivity contribution in [1.82, 2.24) is 4.98 Å². The number of aromatic nitrogens is 1. The maximum Gasteiger partial charge on any atom is 0.288 e. The minimum absolute atomic E-state index is 0.0640. The average molecular weight is 383 g/mol. The van der Waals surface area contributed by atoms with Crippen molar-refractivity contribution in [3.8, 4) is 6.07 Å². The number of ether oxygens (including phenoxy) is 1. The largest absolute Gasteiger partial charge is 0.431 e. The highest BCUT2D eigenvalue weighted by Crippen LogP contribution is 2.35. The zero-order chi connectivity index (χ0) is 20.3. The summed E-state index contributed by atoms with van der Waals surface area (Å²) in [6.07, 6.45) is 2.59. The van der Waals surface area contributed by atoms with Gasteiger partial charge in [0, 0.05) is 17.4 Å². The van der Waals surface area contributed by atoms with Gasteiger partial charge in [-0.05, 0) is 43.3 Å². The second-order valence-corrected chi connectivity index (χ2v) is 6.06. The number of nitrogens with zero attached hydrogens (tertiary/aromatic N) is 3. The van der Waals surface area contributed by atoms with Crippen LogP contribution in [0.4, 0.5) is 14.5 Å². The molecule has 0 saturated carbocycles. The smallest absolute Gasteiger partial charge is 0.288 e. The Bertz CT molecular complexity index is 1010. The number of nitrogens with two attached hydrogens (primary N) is 1. The topological polar surface area (TPSA) is 113 Å². The molecule has 1 aliphatic heterocycles. The maximum atomic E-state index is 14.5. The lowest BCUT2D eigenvalue weighted by atomic mass is 9.89. The number of nitrogens with one attached hydrogen (secondary N) is 1. The van der Waals surface area contributed by atoms with Crippen LogP contribution in [0.2, 0.25) is 0 Å². The zero-order valence-electron chi connectivity index (χ0n) is 14.7. The van der Waals surface area contributed by atoms with Crippen LogP contribution in [0.15, 0.2) is 53.4 Å². The minimum Gasteiger partial charge on any atom is -0.431 e. The number of allylic oxidation sites excluding steroid dienone is 1. The molecule has 1 amide bonds. The van der Waals surface area contributed by atoms with E-state index in [4.69, 9.17) is 15.7 Å². The molecule has 7 nitrogen and oxygen atoms in total. The Morgan fingerprint density at radius 2 is 2.18 bits per heavy atom. The van der Waals surface area contributed by atoms with Crippen molar-refractivity contribution in [2.75, 3.05) is 12.0 Å². The average Bonchev–Trinajstić information content (AvgIpc) is 2.68. The van der Waals surface area contributed by atoms with Gasteiger partial charge in [-0.25, -0.2) is 18.8 Å². The lowest BCUT2D eigenvalue weighted by molar-refractivity contribution is 0.102. The molecule has 2 aromatic rings. The fourth-order valence-electron chi connectivity index (χ4n) is 2.79. The number of alkyl halides is 1. The van der Waals surface area contributed by atoms with E-state index in [0.717, 1.165) is 6.07 Å². The molecule has 1 aliphatic rings. The highest BCUT2D eigenvalue weighted by Gasteiger charge is 2.36. The predicted octanol–water partition coefficient (Wildman–Crippen LogP) is 2.76. The number of rotatable bonds is 4. The molecule has 2 heterocycles. The quantitative estimate of drug-likeness (QED) is 0.843. The fourth-order valence-corrected chi connectivity index (χ4v) is 2.79. The molecular formula is C19H15F2N5O2. The molecule has 3 rings (SSSR count). The summed E-state index contributed by atoms with van der Waals surface area (Å²) in [5.74, 6) is -1.01. The van der Waals surface area contributed by atoms with Crippen LogP contribution < -0.4 is 11.1 Å². The van der Waals surface area contributed by atoms with Gasteiger partial charge in [0.1, 0.15) is 35.6 Å². The van der Waals surface area contributed by atoms with E-state index in [2.05, 4.69) is 15.3 Å². The number of pyridine rings is 1. The number of aliphatic imine (C=N–C) groups is 1. The first-order valence-corrected chi connectivity index (χ1v) is 8.13. The fraction of sp³-hybridized carbons (Fsp3) is 0.158. The van der Waals surface area contributed by atoms with Crippen LogP contribution in [0.25, 0.3) is 0 Å². The summed E-state index contributed by atoms with van der Waals surface area (Å²) < 4.78 is 33.5. The zero-order valence-corrected chi connectivity index (χ0v) is 14.7.